The highest BCUT2D eigenvalue weighted by Gasteiger charge is 2.29. The van der Waals surface area contributed by atoms with Gasteiger partial charge in [-0.1, -0.05) is 18.2 Å². The molecule has 2 aromatic rings. The number of halogens is 1. The molecule has 2 heterocycles. The molecule has 1 atom stereocenters. The quantitative estimate of drug-likeness (QED) is 0.671. The van der Waals surface area contributed by atoms with Crippen molar-refractivity contribution in [2.24, 2.45) is 0 Å². The summed E-state index contributed by atoms with van der Waals surface area (Å²) in [6.45, 7) is 4.27. The number of benzene rings is 2. The molecule has 33 heavy (non-hydrogen) atoms. The van der Waals surface area contributed by atoms with Crippen molar-refractivity contribution in [3.63, 3.8) is 0 Å². The lowest BCUT2D eigenvalue weighted by molar-refractivity contribution is 0.0713. The van der Waals surface area contributed by atoms with Gasteiger partial charge in [0.25, 0.3) is 5.91 Å². The number of hydrogen-bond donors (Lipinski definition) is 2. The number of aryl methyl sites for hydroxylation is 1. The van der Waals surface area contributed by atoms with Crippen LogP contribution in [0.1, 0.15) is 52.2 Å². The second-order valence-corrected chi connectivity index (χ2v) is 10.6. The van der Waals surface area contributed by atoms with Crippen molar-refractivity contribution in [3.8, 4) is 6.07 Å². The number of sulfonamides is 1. The van der Waals surface area contributed by atoms with Gasteiger partial charge in [-0.3, -0.25) is 9.52 Å². The predicted octanol–water partition coefficient (Wildman–Crippen LogP) is 3.41. The minimum Gasteiger partial charge on any atom is -0.339 e. The maximum Gasteiger partial charge on any atom is 0.253 e. The number of nitrogens with one attached hydrogen (secondary N) is 2. The Morgan fingerprint density at radius 1 is 1.12 bits per heavy atom. The molecule has 2 N–H and O–H groups in total. The summed E-state index contributed by atoms with van der Waals surface area (Å²) in [4.78, 5) is 15.0. The van der Waals surface area contributed by atoms with Crippen molar-refractivity contribution in [2.75, 3.05) is 30.9 Å². The number of anilines is 1. The third-order valence-electron chi connectivity index (χ3n) is 6.48. The van der Waals surface area contributed by atoms with E-state index >= 15 is 0 Å². The molecule has 0 unspecified atom stereocenters. The Balaban J connectivity index is 0.00000306. The zero-order valence-corrected chi connectivity index (χ0v) is 20.2. The zero-order valence-electron chi connectivity index (χ0n) is 18.6. The molecule has 176 valence electrons. The summed E-state index contributed by atoms with van der Waals surface area (Å²) in [5.41, 5.74) is 3.60. The van der Waals surface area contributed by atoms with E-state index in [1.165, 1.54) is 5.56 Å². The first-order chi connectivity index (χ1) is 15.4. The van der Waals surface area contributed by atoms with Gasteiger partial charge < -0.3 is 10.2 Å². The molecule has 0 aliphatic carbocycles. The number of carbonyl (C=O) groups excluding carboxylic acids is 1. The standard InChI is InChI=1S/C24H28N4O3S.ClH/c1-17-2-5-21(14-23(17)27-32(30,31)22-8-11-26-16-22)24(29)28-12-9-20(10-13-28)19-6-3-18(15-25)4-7-19;/h2-7,14,20,22,26-27H,8-13,16H2,1H3;1H/t22-;/m0./s1. The molecule has 2 aromatic carbocycles. The van der Waals surface area contributed by atoms with Crippen LogP contribution in [0.25, 0.3) is 0 Å². The smallest absolute Gasteiger partial charge is 0.253 e. The molecule has 2 aliphatic heterocycles. The van der Waals surface area contributed by atoms with Crippen LogP contribution >= 0.6 is 12.4 Å². The highest BCUT2D eigenvalue weighted by molar-refractivity contribution is 7.93. The third-order valence-corrected chi connectivity index (χ3v) is 8.27. The van der Waals surface area contributed by atoms with Gasteiger partial charge >= 0.3 is 0 Å². The van der Waals surface area contributed by atoms with E-state index in [4.69, 9.17) is 5.26 Å². The number of carbonyl (C=O) groups is 1. The first kappa shape index (κ1) is 25.0. The molecular weight excluding hydrogens is 460 g/mol. The van der Waals surface area contributed by atoms with Crippen LogP contribution in [-0.2, 0) is 10.0 Å². The van der Waals surface area contributed by atoms with Crippen LogP contribution in [-0.4, -0.2) is 50.7 Å². The maximum absolute atomic E-state index is 13.1. The summed E-state index contributed by atoms with van der Waals surface area (Å²) in [7, 11) is -3.50. The van der Waals surface area contributed by atoms with E-state index in [2.05, 4.69) is 16.1 Å². The fourth-order valence-corrected chi connectivity index (χ4v) is 5.88. The average molecular weight is 489 g/mol. The van der Waals surface area contributed by atoms with E-state index < -0.39 is 15.3 Å². The molecule has 2 aliphatic rings. The lowest BCUT2D eigenvalue weighted by Crippen LogP contribution is -2.38. The first-order valence-electron chi connectivity index (χ1n) is 11.0. The first-order valence-corrected chi connectivity index (χ1v) is 12.5. The summed E-state index contributed by atoms with van der Waals surface area (Å²) in [5.74, 6) is 0.290. The number of likely N-dealkylation sites (tertiary alicyclic amines) is 1. The number of piperidine rings is 1. The number of nitriles is 1. The van der Waals surface area contributed by atoms with Crippen LogP contribution in [0.15, 0.2) is 42.5 Å². The van der Waals surface area contributed by atoms with E-state index in [0.29, 0.717) is 55.3 Å². The van der Waals surface area contributed by atoms with Gasteiger partial charge in [-0.05, 0) is 74.0 Å². The molecule has 9 heteroatoms. The molecule has 0 aromatic heterocycles. The second kappa shape index (κ2) is 10.6. The van der Waals surface area contributed by atoms with Crippen LogP contribution in [0, 0.1) is 18.3 Å². The van der Waals surface area contributed by atoms with Crippen LogP contribution in [0.5, 0.6) is 0 Å². The second-order valence-electron chi connectivity index (χ2n) is 8.59. The largest absolute Gasteiger partial charge is 0.339 e. The molecule has 0 bridgehead atoms. The van der Waals surface area contributed by atoms with Gasteiger partial charge in [0.2, 0.25) is 10.0 Å². The van der Waals surface area contributed by atoms with Crippen LogP contribution in [0.2, 0.25) is 0 Å². The van der Waals surface area contributed by atoms with E-state index in [1.807, 2.05) is 36.1 Å². The molecule has 0 radical (unpaired) electrons. The number of hydrogen-bond acceptors (Lipinski definition) is 5. The number of nitrogens with zero attached hydrogens (tertiary/aromatic N) is 2. The Labute approximate surface area is 201 Å². The zero-order chi connectivity index (χ0) is 22.7. The van der Waals surface area contributed by atoms with Gasteiger partial charge in [-0.25, -0.2) is 8.42 Å². The van der Waals surface area contributed by atoms with E-state index in [-0.39, 0.29) is 18.3 Å². The highest BCUT2D eigenvalue weighted by Crippen LogP contribution is 2.29. The number of rotatable bonds is 5. The van der Waals surface area contributed by atoms with E-state index in [0.717, 1.165) is 18.4 Å². The Bertz CT molecular complexity index is 1130. The van der Waals surface area contributed by atoms with Gasteiger partial charge in [-0.2, -0.15) is 5.26 Å². The Hall–Kier alpha value is -2.60. The third kappa shape index (κ3) is 5.67. The Kier molecular flexibility index (Phi) is 8.01. The van der Waals surface area contributed by atoms with Crippen molar-refractivity contribution in [3.05, 3.63) is 64.7 Å². The van der Waals surface area contributed by atoms with Gasteiger partial charge in [0.1, 0.15) is 0 Å². The van der Waals surface area contributed by atoms with Gasteiger partial charge in [0.15, 0.2) is 0 Å². The summed E-state index contributed by atoms with van der Waals surface area (Å²) in [6.07, 6.45) is 2.30. The van der Waals surface area contributed by atoms with Gasteiger partial charge in [0.05, 0.1) is 22.6 Å². The van der Waals surface area contributed by atoms with Crippen molar-refractivity contribution < 1.29 is 13.2 Å². The summed E-state index contributed by atoms with van der Waals surface area (Å²) < 4.78 is 28.1. The molecule has 0 spiro atoms. The SMILES string of the molecule is Cc1ccc(C(=O)N2CCC(c3ccc(C#N)cc3)CC2)cc1NS(=O)(=O)[C@H]1CCNC1.Cl. The molecule has 7 nitrogen and oxygen atoms in total. The van der Waals surface area contributed by atoms with Gasteiger partial charge in [0, 0.05) is 25.2 Å². The lowest BCUT2D eigenvalue weighted by Gasteiger charge is -2.32. The van der Waals surface area contributed by atoms with Crippen molar-refractivity contribution >= 4 is 34.0 Å². The fourth-order valence-electron chi connectivity index (χ4n) is 4.42. The topological polar surface area (TPSA) is 102 Å². The maximum atomic E-state index is 13.1. The molecule has 2 saturated heterocycles. The molecule has 1 amide bonds. The lowest BCUT2D eigenvalue weighted by atomic mass is 9.89. The van der Waals surface area contributed by atoms with E-state index in [1.54, 1.807) is 18.2 Å². The van der Waals surface area contributed by atoms with Gasteiger partial charge in [-0.15, -0.1) is 12.4 Å². The minimum absolute atomic E-state index is 0. The van der Waals surface area contributed by atoms with Crippen molar-refractivity contribution in [1.82, 2.24) is 10.2 Å². The minimum atomic E-state index is -3.50. The van der Waals surface area contributed by atoms with Crippen molar-refractivity contribution in [1.29, 1.82) is 5.26 Å². The number of amides is 1. The van der Waals surface area contributed by atoms with Crippen LogP contribution < -0.4 is 10.0 Å². The monoisotopic (exact) mass is 488 g/mol. The molecule has 4 rings (SSSR count). The predicted molar refractivity (Wildman–Crippen MR) is 131 cm³/mol. The summed E-state index contributed by atoms with van der Waals surface area (Å²) >= 11 is 0. The van der Waals surface area contributed by atoms with Crippen LogP contribution in [0.4, 0.5) is 5.69 Å². The summed E-state index contributed by atoms with van der Waals surface area (Å²) in [5, 5.41) is 11.6. The Morgan fingerprint density at radius 2 is 1.82 bits per heavy atom. The molecular formula is C24H29ClN4O3S. The van der Waals surface area contributed by atoms with Crippen molar-refractivity contribution in [2.45, 2.75) is 37.4 Å². The highest BCUT2D eigenvalue weighted by atomic mass is 35.5. The molecule has 0 saturated carbocycles. The molecule has 2 fully saturated rings. The van der Waals surface area contributed by atoms with Crippen LogP contribution in [0.3, 0.4) is 0 Å². The summed E-state index contributed by atoms with van der Waals surface area (Å²) in [6, 6.07) is 15.0. The van der Waals surface area contributed by atoms with E-state index in [9.17, 15) is 13.2 Å². The normalized spacial score (nSPS) is 18.9. The average Bonchev–Trinajstić information content (AvgIpc) is 3.36. The Morgan fingerprint density at radius 3 is 2.42 bits per heavy atom. The fraction of sp³-hybridized carbons (Fsp3) is 0.417.